The second-order valence-electron chi connectivity index (χ2n) is 5.01. The number of carbonyl (C=O) groups excluding carboxylic acids is 1. The molecule has 2 unspecified atom stereocenters. The minimum absolute atomic E-state index is 0.00292. The lowest BCUT2D eigenvalue weighted by Crippen LogP contribution is -2.40. The van der Waals surface area contributed by atoms with E-state index in [1.54, 1.807) is 0 Å². The lowest BCUT2D eigenvalue weighted by atomic mass is 10.1. The number of aromatic amines is 1. The van der Waals surface area contributed by atoms with E-state index in [0.29, 0.717) is 0 Å². The molecule has 128 valence electrons. The quantitative estimate of drug-likeness (QED) is 0.504. The van der Waals surface area contributed by atoms with Gasteiger partial charge in [-0.3, -0.25) is 19.1 Å². The summed E-state index contributed by atoms with van der Waals surface area (Å²) in [6.07, 6.45) is -3.26. The average molecular weight is 330 g/mol. The van der Waals surface area contributed by atoms with Gasteiger partial charge in [0.05, 0.1) is 20.1 Å². The molecule has 0 aromatic carbocycles. The summed E-state index contributed by atoms with van der Waals surface area (Å²) in [5.74, 6) is -0.649. The van der Waals surface area contributed by atoms with Crippen molar-refractivity contribution in [3.63, 3.8) is 0 Å². The Bertz CT molecular complexity index is 681. The predicted molar refractivity (Wildman–Crippen MR) is 74.8 cm³/mol. The molecule has 0 aliphatic carbocycles. The van der Waals surface area contributed by atoms with Gasteiger partial charge in [-0.2, -0.15) is 0 Å². The second kappa shape index (κ2) is 7.04. The molecule has 1 fully saturated rings. The number of nitrogens with one attached hydrogen (secondary N) is 1. The SMILES string of the molecule is COC(=O)Cc1cn([C@@H]2O[C@H](CO)C(O)C2OC)c(=O)[nH]c1=O. The van der Waals surface area contributed by atoms with Crippen molar-refractivity contribution in [2.45, 2.75) is 31.0 Å². The molecule has 23 heavy (non-hydrogen) atoms. The highest BCUT2D eigenvalue weighted by Crippen LogP contribution is 2.30. The van der Waals surface area contributed by atoms with Crippen LogP contribution in [-0.2, 0) is 25.4 Å². The van der Waals surface area contributed by atoms with Gasteiger partial charge in [0.15, 0.2) is 6.23 Å². The molecule has 0 amide bonds. The second-order valence-corrected chi connectivity index (χ2v) is 5.01. The molecule has 1 aliphatic rings. The fourth-order valence-electron chi connectivity index (χ4n) is 2.42. The molecule has 10 nitrogen and oxygen atoms in total. The van der Waals surface area contributed by atoms with Crippen LogP contribution in [0.1, 0.15) is 11.8 Å². The highest BCUT2D eigenvalue weighted by molar-refractivity contribution is 5.72. The number of rotatable bonds is 5. The third kappa shape index (κ3) is 3.34. The summed E-state index contributed by atoms with van der Waals surface area (Å²) in [6, 6.07) is 0. The average Bonchev–Trinajstić information content (AvgIpc) is 2.85. The van der Waals surface area contributed by atoms with Crippen LogP contribution in [0, 0.1) is 0 Å². The summed E-state index contributed by atoms with van der Waals surface area (Å²) in [5, 5.41) is 19.2. The fraction of sp³-hybridized carbons (Fsp3) is 0.615. The summed E-state index contributed by atoms with van der Waals surface area (Å²) in [5.41, 5.74) is -1.51. The van der Waals surface area contributed by atoms with E-state index < -0.39 is 48.4 Å². The molecule has 1 aromatic rings. The van der Waals surface area contributed by atoms with Crippen LogP contribution in [0.5, 0.6) is 0 Å². The molecule has 1 saturated heterocycles. The zero-order valence-corrected chi connectivity index (χ0v) is 12.6. The van der Waals surface area contributed by atoms with Gasteiger partial charge in [0.25, 0.3) is 5.56 Å². The molecule has 0 radical (unpaired) electrons. The number of aliphatic hydroxyl groups is 2. The summed E-state index contributed by atoms with van der Waals surface area (Å²) >= 11 is 0. The molecule has 0 saturated carbocycles. The molecule has 0 spiro atoms. The van der Waals surface area contributed by atoms with E-state index in [4.69, 9.17) is 9.47 Å². The Kier molecular flexibility index (Phi) is 5.31. The van der Waals surface area contributed by atoms with Crippen LogP contribution in [-0.4, -0.2) is 64.9 Å². The number of aromatic nitrogens is 2. The van der Waals surface area contributed by atoms with Crippen LogP contribution < -0.4 is 11.2 Å². The Labute approximate surface area is 130 Å². The van der Waals surface area contributed by atoms with Crippen LogP contribution in [0.25, 0.3) is 0 Å². The van der Waals surface area contributed by atoms with Crippen LogP contribution in [0.3, 0.4) is 0 Å². The van der Waals surface area contributed by atoms with Gasteiger partial charge in [-0.05, 0) is 0 Å². The van der Waals surface area contributed by atoms with E-state index in [0.717, 1.165) is 10.8 Å². The summed E-state index contributed by atoms with van der Waals surface area (Å²) < 4.78 is 16.0. The van der Waals surface area contributed by atoms with Gasteiger partial charge in [0, 0.05) is 18.9 Å². The van der Waals surface area contributed by atoms with Gasteiger partial charge in [-0.25, -0.2) is 4.79 Å². The number of esters is 1. The van der Waals surface area contributed by atoms with Crippen molar-refractivity contribution in [3.05, 3.63) is 32.6 Å². The number of aliphatic hydroxyl groups excluding tert-OH is 2. The molecule has 2 rings (SSSR count). The standard InChI is InChI=1S/C13H18N2O8/c1-21-8(17)3-6-4-15(13(20)14-11(6)19)12-10(22-2)9(18)7(5-16)23-12/h4,7,9-10,12,16,18H,3,5H2,1-2H3,(H,14,19,20)/t7-,9?,10?,12-/m1/s1. The van der Waals surface area contributed by atoms with Gasteiger partial charge in [0.2, 0.25) is 0 Å². The number of hydrogen-bond acceptors (Lipinski definition) is 8. The van der Waals surface area contributed by atoms with E-state index >= 15 is 0 Å². The monoisotopic (exact) mass is 330 g/mol. The number of hydrogen-bond donors (Lipinski definition) is 3. The maximum atomic E-state index is 12.0. The largest absolute Gasteiger partial charge is 0.469 e. The molecular formula is C13H18N2O8. The predicted octanol–water partition coefficient (Wildman–Crippen LogP) is -2.48. The molecule has 1 aromatic heterocycles. The minimum Gasteiger partial charge on any atom is -0.469 e. The van der Waals surface area contributed by atoms with Crippen molar-refractivity contribution >= 4 is 5.97 Å². The highest BCUT2D eigenvalue weighted by atomic mass is 16.6. The zero-order valence-electron chi connectivity index (χ0n) is 12.6. The van der Waals surface area contributed by atoms with Crippen LogP contribution in [0.2, 0.25) is 0 Å². The van der Waals surface area contributed by atoms with Crippen molar-refractivity contribution in [1.82, 2.24) is 9.55 Å². The van der Waals surface area contributed by atoms with Gasteiger partial charge in [-0.1, -0.05) is 0 Å². The van der Waals surface area contributed by atoms with E-state index in [9.17, 15) is 24.6 Å². The third-order valence-electron chi connectivity index (χ3n) is 3.64. The van der Waals surface area contributed by atoms with Crippen molar-refractivity contribution in [3.8, 4) is 0 Å². The Morgan fingerprint density at radius 2 is 2.13 bits per heavy atom. The van der Waals surface area contributed by atoms with Gasteiger partial charge in [-0.15, -0.1) is 0 Å². The zero-order chi connectivity index (χ0) is 17.1. The summed E-state index contributed by atoms with van der Waals surface area (Å²) in [4.78, 5) is 37.2. The minimum atomic E-state index is -1.15. The Balaban J connectivity index is 2.42. The topological polar surface area (TPSA) is 140 Å². The molecular weight excluding hydrogens is 312 g/mol. The van der Waals surface area contributed by atoms with Crippen molar-refractivity contribution in [1.29, 1.82) is 0 Å². The maximum absolute atomic E-state index is 12.0. The van der Waals surface area contributed by atoms with E-state index in [2.05, 4.69) is 9.72 Å². The third-order valence-corrected chi connectivity index (χ3v) is 3.64. The van der Waals surface area contributed by atoms with Crippen LogP contribution in [0.15, 0.2) is 15.8 Å². The van der Waals surface area contributed by atoms with E-state index in [1.807, 2.05) is 0 Å². The maximum Gasteiger partial charge on any atom is 0.330 e. The molecule has 1 aliphatic heterocycles. The van der Waals surface area contributed by atoms with Crippen molar-refractivity contribution in [2.24, 2.45) is 0 Å². The molecule has 0 bridgehead atoms. The lowest BCUT2D eigenvalue weighted by Gasteiger charge is -2.20. The van der Waals surface area contributed by atoms with Crippen molar-refractivity contribution < 1.29 is 29.2 Å². The number of nitrogens with zero attached hydrogens (tertiary/aromatic N) is 1. The lowest BCUT2D eigenvalue weighted by molar-refractivity contribution is -0.139. The number of methoxy groups -OCH3 is 2. The Hall–Kier alpha value is -2.01. The fourth-order valence-corrected chi connectivity index (χ4v) is 2.42. The van der Waals surface area contributed by atoms with Crippen LogP contribution >= 0.6 is 0 Å². The first-order valence-corrected chi connectivity index (χ1v) is 6.81. The first kappa shape index (κ1) is 17.3. The van der Waals surface area contributed by atoms with Gasteiger partial charge < -0.3 is 24.4 Å². The highest BCUT2D eigenvalue weighted by Gasteiger charge is 2.45. The molecule has 2 heterocycles. The van der Waals surface area contributed by atoms with E-state index in [-0.39, 0.29) is 12.0 Å². The normalized spacial score (nSPS) is 27.1. The number of H-pyrrole nitrogens is 1. The Morgan fingerprint density at radius 3 is 2.70 bits per heavy atom. The molecule has 3 N–H and O–H groups in total. The number of carbonyl (C=O) groups is 1. The molecule has 4 atom stereocenters. The summed E-state index contributed by atoms with van der Waals surface area (Å²) in [7, 11) is 2.49. The Morgan fingerprint density at radius 1 is 1.43 bits per heavy atom. The van der Waals surface area contributed by atoms with Gasteiger partial charge in [0.1, 0.15) is 18.3 Å². The van der Waals surface area contributed by atoms with Crippen LogP contribution in [0.4, 0.5) is 0 Å². The number of ether oxygens (including phenoxy) is 3. The van der Waals surface area contributed by atoms with Gasteiger partial charge >= 0.3 is 11.7 Å². The first-order chi connectivity index (χ1) is 10.9. The summed E-state index contributed by atoms with van der Waals surface area (Å²) in [6.45, 7) is -0.468. The smallest absolute Gasteiger partial charge is 0.330 e. The van der Waals surface area contributed by atoms with Crippen molar-refractivity contribution in [2.75, 3.05) is 20.8 Å². The first-order valence-electron chi connectivity index (χ1n) is 6.81. The molecule has 10 heteroatoms. The van der Waals surface area contributed by atoms with E-state index in [1.165, 1.54) is 14.2 Å².